The summed E-state index contributed by atoms with van der Waals surface area (Å²) in [6.07, 6.45) is -0.0274. The van der Waals surface area contributed by atoms with Gasteiger partial charge in [0.2, 0.25) is 0 Å². The summed E-state index contributed by atoms with van der Waals surface area (Å²) in [6, 6.07) is 21.1. The largest absolute Gasteiger partial charge is 0.405 e. The molecule has 2 aromatic rings. The zero-order chi connectivity index (χ0) is 18.6. The van der Waals surface area contributed by atoms with Gasteiger partial charge in [-0.1, -0.05) is 81.4 Å². The van der Waals surface area contributed by atoms with Gasteiger partial charge in [-0.25, -0.2) is 0 Å². The van der Waals surface area contributed by atoms with Crippen LogP contribution in [0.2, 0.25) is 5.04 Å². The molecule has 2 aromatic carbocycles. The van der Waals surface area contributed by atoms with Crippen LogP contribution < -0.4 is 15.7 Å². The van der Waals surface area contributed by atoms with Crippen LogP contribution in [-0.2, 0) is 9.16 Å². The van der Waals surface area contributed by atoms with E-state index in [1.807, 2.05) is 0 Å². The van der Waals surface area contributed by atoms with Crippen molar-refractivity contribution in [2.24, 2.45) is 0 Å². The van der Waals surface area contributed by atoms with Gasteiger partial charge in [0, 0.05) is 19.1 Å². The lowest BCUT2D eigenvalue weighted by Gasteiger charge is -2.44. The van der Waals surface area contributed by atoms with E-state index in [-0.39, 0.29) is 17.1 Å². The molecule has 3 nitrogen and oxygen atoms in total. The van der Waals surface area contributed by atoms with Gasteiger partial charge in [0.15, 0.2) is 0 Å². The number of hydrogen-bond acceptors (Lipinski definition) is 3. The fraction of sp³-hybridized carbons (Fsp3) is 0.429. The third-order valence-corrected chi connectivity index (χ3v) is 9.99. The maximum absolute atomic E-state index is 6.87. The Labute approximate surface area is 159 Å². The molecule has 26 heavy (non-hydrogen) atoms. The summed E-state index contributed by atoms with van der Waals surface area (Å²) >= 11 is 0. The first-order valence-electron chi connectivity index (χ1n) is 9.30. The fourth-order valence-corrected chi connectivity index (χ4v) is 8.40. The minimum absolute atomic E-state index is 0.0274. The van der Waals surface area contributed by atoms with Crippen molar-refractivity contribution in [1.82, 2.24) is 5.32 Å². The van der Waals surface area contributed by atoms with Crippen LogP contribution >= 0.6 is 0 Å². The van der Waals surface area contributed by atoms with Gasteiger partial charge in [-0.05, 0) is 15.4 Å². The average molecular weight is 365 g/mol. The first-order valence-corrected chi connectivity index (χ1v) is 11.2. The third kappa shape index (κ3) is 3.96. The normalized spacial score (nSPS) is 21.5. The van der Waals surface area contributed by atoms with E-state index in [4.69, 9.17) is 17.0 Å². The van der Waals surface area contributed by atoms with Gasteiger partial charge in [0.25, 0.3) is 8.32 Å². The lowest BCUT2D eigenvalue weighted by atomic mass is 9.98. The minimum Gasteiger partial charge on any atom is -0.405 e. The Morgan fingerprint density at radius 2 is 1.54 bits per heavy atom. The van der Waals surface area contributed by atoms with Gasteiger partial charge in [0.05, 0.1) is 12.7 Å². The van der Waals surface area contributed by atoms with Crippen molar-refractivity contribution >= 4 is 26.5 Å². The monoisotopic (exact) mass is 365 g/mol. The maximum atomic E-state index is 6.87. The molecule has 2 radical (unpaired) electrons. The quantitative estimate of drug-likeness (QED) is 0.823. The average Bonchev–Trinajstić information content (AvgIpc) is 2.63. The first kappa shape index (κ1) is 19.4. The highest BCUT2D eigenvalue weighted by Crippen LogP contribution is 2.36. The summed E-state index contributed by atoms with van der Waals surface area (Å²) in [6.45, 7) is 8.84. The molecule has 5 heteroatoms. The predicted octanol–water partition coefficient (Wildman–Crippen LogP) is 2.05. The van der Waals surface area contributed by atoms with Crippen LogP contribution in [0.5, 0.6) is 0 Å². The lowest BCUT2D eigenvalue weighted by molar-refractivity contribution is -0.0220. The Morgan fingerprint density at radius 3 is 2.00 bits per heavy atom. The van der Waals surface area contributed by atoms with E-state index in [9.17, 15) is 0 Å². The van der Waals surface area contributed by atoms with E-state index in [0.29, 0.717) is 13.2 Å². The summed E-state index contributed by atoms with van der Waals surface area (Å²) in [5, 5.41) is 5.86. The van der Waals surface area contributed by atoms with Crippen molar-refractivity contribution in [2.75, 3.05) is 19.7 Å². The SMILES string of the molecule is [B]C1CNCC(CO[Si](c2ccccc2)(c2ccccc2)C(C)(C)C)O1. The molecule has 0 saturated carbocycles. The molecule has 1 fully saturated rings. The van der Waals surface area contributed by atoms with E-state index >= 15 is 0 Å². The van der Waals surface area contributed by atoms with Crippen molar-refractivity contribution in [1.29, 1.82) is 0 Å². The summed E-state index contributed by atoms with van der Waals surface area (Å²) < 4.78 is 12.8. The Balaban J connectivity index is 2.00. The molecule has 3 rings (SSSR count). The molecule has 1 aliphatic rings. The highest BCUT2D eigenvalue weighted by atomic mass is 28.4. The number of ether oxygens (including phenoxy) is 1. The van der Waals surface area contributed by atoms with Crippen LogP contribution in [0.4, 0.5) is 0 Å². The molecule has 1 heterocycles. The van der Waals surface area contributed by atoms with Gasteiger partial charge in [-0.3, -0.25) is 0 Å². The summed E-state index contributed by atoms with van der Waals surface area (Å²) in [5.74, 6) is 0. The number of morpholine rings is 1. The highest BCUT2D eigenvalue weighted by Gasteiger charge is 2.50. The number of benzene rings is 2. The predicted molar refractivity (Wildman–Crippen MR) is 111 cm³/mol. The molecular formula is C21H28BNO2Si. The Hall–Kier alpha value is -1.40. The van der Waals surface area contributed by atoms with Crippen molar-refractivity contribution < 1.29 is 9.16 Å². The third-order valence-electron chi connectivity index (χ3n) is 4.99. The van der Waals surface area contributed by atoms with Gasteiger partial charge < -0.3 is 14.5 Å². The first-order chi connectivity index (χ1) is 12.4. The lowest BCUT2D eigenvalue weighted by Crippen LogP contribution is -2.67. The Morgan fingerprint density at radius 1 is 1.00 bits per heavy atom. The van der Waals surface area contributed by atoms with E-state index in [1.54, 1.807) is 0 Å². The highest BCUT2D eigenvalue weighted by molar-refractivity contribution is 6.99. The summed E-state index contributed by atoms with van der Waals surface area (Å²) in [5.41, 5.74) is 0. The molecule has 0 bridgehead atoms. The van der Waals surface area contributed by atoms with E-state index in [0.717, 1.165) is 6.54 Å². The zero-order valence-electron chi connectivity index (χ0n) is 15.9. The molecule has 1 N–H and O–H groups in total. The smallest absolute Gasteiger partial charge is 0.261 e. The van der Waals surface area contributed by atoms with Gasteiger partial charge in [0.1, 0.15) is 7.85 Å². The van der Waals surface area contributed by atoms with Crippen LogP contribution in [0.1, 0.15) is 20.8 Å². The summed E-state index contributed by atoms with van der Waals surface area (Å²) in [7, 11) is 3.44. The van der Waals surface area contributed by atoms with Crippen molar-refractivity contribution in [3.05, 3.63) is 60.7 Å². The second kappa shape index (κ2) is 8.09. The van der Waals surface area contributed by atoms with Crippen molar-refractivity contribution in [2.45, 2.75) is 37.9 Å². The number of rotatable bonds is 5. The number of hydrogen-bond donors (Lipinski definition) is 1. The second-order valence-corrected chi connectivity index (χ2v) is 12.2. The Bertz CT molecular complexity index is 651. The molecule has 0 aromatic heterocycles. The van der Waals surface area contributed by atoms with Crippen LogP contribution in [0.15, 0.2) is 60.7 Å². The van der Waals surface area contributed by atoms with Gasteiger partial charge in [-0.2, -0.15) is 0 Å². The second-order valence-electron chi connectivity index (χ2n) is 7.93. The standard InChI is InChI=1S/C21H28BNO2Si/c1-21(2,3)26(18-10-6-4-7-11-18,19-12-8-5-9-13-19)24-16-17-14-23-15-20(22)25-17/h4-13,17,20,23H,14-16H2,1-3H3. The molecule has 0 aliphatic carbocycles. The van der Waals surface area contributed by atoms with Gasteiger partial charge >= 0.3 is 0 Å². The van der Waals surface area contributed by atoms with Crippen molar-refractivity contribution in [3.8, 4) is 0 Å². The molecule has 2 unspecified atom stereocenters. The van der Waals surface area contributed by atoms with E-state index < -0.39 is 8.32 Å². The van der Waals surface area contributed by atoms with E-state index in [1.165, 1.54) is 10.4 Å². The molecule has 2 atom stereocenters. The molecule has 1 saturated heterocycles. The molecule has 1 aliphatic heterocycles. The van der Waals surface area contributed by atoms with Crippen LogP contribution in [-0.4, -0.2) is 48.0 Å². The summed E-state index contributed by atoms with van der Waals surface area (Å²) in [4.78, 5) is 0. The molecule has 136 valence electrons. The van der Waals surface area contributed by atoms with Crippen LogP contribution in [0.3, 0.4) is 0 Å². The zero-order valence-corrected chi connectivity index (χ0v) is 16.9. The van der Waals surface area contributed by atoms with Crippen molar-refractivity contribution in [3.63, 3.8) is 0 Å². The molecule has 0 amide bonds. The van der Waals surface area contributed by atoms with Gasteiger partial charge in [-0.15, -0.1) is 0 Å². The Kier molecular flexibility index (Phi) is 6.03. The van der Waals surface area contributed by atoms with Crippen LogP contribution in [0, 0.1) is 0 Å². The fourth-order valence-electron chi connectivity index (χ4n) is 3.81. The number of nitrogens with one attached hydrogen (secondary N) is 1. The molecule has 0 spiro atoms. The van der Waals surface area contributed by atoms with E-state index in [2.05, 4.69) is 86.8 Å². The molecular weight excluding hydrogens is 337 g/mol. The topological polar surface area (TPSA) is 30.5 Å². The minimum atomic E-state index is -2.50. The van der Waals surface area contributed by atoms with Crippen LogP contribution in [0.25, 0.3) is 0 Å². The maximum Gasteiger partial charge on any atom is 0.261 e.